The Kier molecular flexibility index (Phi) is 6.45. The van der Waals surface area contributed by atoms with E-state index in [0.717, 1.165) is 0 Å². The number of rotatable bonds is 5. The summed E-state index contributed by atoms with van der Waals surface area (Å²) < 4.78 is 0. The largest absolute Gasteiger partial charge is 0.508 e. The predicted octanol–water partition coefficient (Wildman–Crippen LogP) is 4.53. The number of aryl methyl sites for hydroxylation is 1. The monoisotopic (exact) mass is 451 g/mol. The van der Waals surface area contributed by atoms with Crippen molar-refractivity contribution in [2.45, 2.75) is 20.8 Å². The van der Waals surface area contributed by atoms with E-state index < -0.39 is 11.8 Å². The van der Waals surface area contributed by atoms with Crippen LogP contribution in [0.25, 0.3) is 0 Å². The summed E-state index contributed by atoms with van der Waals surface area (Å²) in [6.07, 6.45) is 1.40. The van der Waals surface area contributed by atoms with Crippen LogP contribution in [0.1, 0.15) is 44.3 Å². The van der Waals surface area contributed by atoms with Gasteiger partial charge in [-0.3, -0.25) is 9.59 Å². The third-order valence-corrected chi connectivity index (χ3v) is 5.18. The third-order valence-electron chi connectivity index (χ3n) is 4.96. The van der Waals surface area contributed by atoms with Gasteiger partial charge in [0.25, 0.3) is 11.8 Å². The molecule has 3 rings (SSSR count). The number of phenolic OH excluding ortho intramolecular Hbond substituents is 1. The Morgan fingerprint density at radius 2 is 1.69 bits per heavy atom. The summed E-state index contributed by atoms with van der Waals surface area (Å²) in [7, 11) is 0. The number of nitrogens with zero attached hydrogens (tertiary/aromatic N) is 1. The number of halogens is 1. The van der Waals surface area contributed by atoms with Crippen LogP contribution in [-0.2, 0) is 0 Å². The van der Waals surface area contributed by atoms with Crippen LogP contribution in [0.15, 0.2) is 42.6 Å². The second-order valence-electron chi connectivity index (χ2n) is 7.28. The molecule has 1 aromatic heterocycles. The highest BCUT2D eigenvalue weighted by Gasteiger charge is 2.20. The lowest BCUT2D eigenvalue weighted by atomic mass is 9.98. The molecule has 0 saturated carbocycles. The van der Waals surface area contributed by atoms with Crippen LogP contribution in [-0.4, -0.2) is 27.6 Å². The molecule has 0 spiro atoms. The van der Waals surface area contributed by atoms with Crippen molar-refractivity contribution in [2.24, 2.45) is 0 Å². The van der Waals surface area contributed by atoms with E-state index in [1.165, 1.54) is 24.4 Å². The van der Waals surface area contributed by atoms with Crippen molar-refractivity contribution in [1.82, 2.24) is 4.98 Å². The van der Waals surface area contributed by atoms with Crippen LogP contribution in [0.2, 0.25) is 5.02 Å². The summed E-state index contributed by atoms with van der Waals surface area (Å²) in [5, 5.41) is 23.7. The van der Waals surface area contributed by atoms with E-state index >= 15 is 0 Å². The maximum Gasteiger partial charge on any atom is 0.258 e. The van der Waals surface area contributed by atoms with E-state index in [0.29, 0.717) is 27.4 Å². The molecule has 2 aromatic carbocycles. The molecule has 0 fully saturated rings. The first kappa shape index (κ1) is 22.8. The first-order valence-corrected chi connectivity index (χ1v) is 9.98. The number of carbonyl (C=O) groups excluding carboxylic acids is 2. The molecule has 0 unspecified atom stereocenters. The average molecular weight is 452 g/mol. The van der Waals surface area contributed by atoms with E-state index in [2.05, 4.69) is 15.6 Å². The molecule has 0 aliphatic carbocycles. The fourth-order valence-corrected chi connectivity index (χ4v) is 3.26. The van der Waals surface area contributed by atoms with Crippen molar-refractivity contribution >= 4 is 46.3 Å². The first-order valence-electron chi connectivity index (χ1n) is 9.61. The topological polar surface area (TPSA) is 141 Å². The molecule has 1 heterocycles. The Labute approximate surface area is 190 Å². The van der Waals surface area contributed by atoms with E-state index in [-0.39, 0.29) is 34.1 Å². The number of nitrogen functional groups attached to an aromatic ring is 1. The fraction of sp³-hybridized carbons (Fsp3) is 0.130. The number of nitrogens with one attached hydrogen (secondary N) is 3. The number of amides is 2. The van der Waals surface area contributed by atoms with Crippen molar-refractivity contribution in [2.75, 3.05) is 16.4 Å². The number of aromatic nitrogens is 1. The summed E-state index contributed by atoms with van der Waals surface area (Å²) in [6.45, 7) is 5.00. The molecule has 0 bridgehead atoms. The molecule has 0 aliphatic heterocycles. The lowest BCUT2D eigenvalue weighted by molar-refractivity contribution is 0.102. The van der Waals surface area contributed by atoms with Crippen molar-refractivity contribution in [3.63, 3.8) is 0 Å². The van der Waals surface area contributed by atoms with Crippen LogP contribution in [0.3, 0.4) is 0 Å². The van der Waals surface area contributed by atoms with Crippen molar-refractivity contribution < 1.29 is 14.7 Å². The number of benzene rings is 2. The molecule has 9 heteroatoms. The number of carbonyl (C=O) groups is 2. The summed E-state index contributed by atoms with van der Waals surface area (Å²) in [5.41, 5.74) is 8.85. The van der Waals surface area contributed by atoms with Gasteiger partial charge in [-0.15, -0.1) is 0 Å². The number of anilines is 3. The molecular weight excluding hydrogens is 430 g/mol. The lowest BCUT2D eigenvalue weighted by Gasteiger charge is -2.16. The smallest absolute Gasteiger partial charge is 0.258 e. The zero-order chi connectivity index (χ0) is 23.6. The fourth-order valence-electron chi connectivity index (χ4n) is 3.14. The molecule has 2 amide bonds. The van der Waals surface area contributed by atoms with Crippen molar-refractivity contribution in [3.8, 4) is 5.75 Å². The van der Waals surface area contributed by atoms with Crippen LogP contribution in [0, 0.1) is 19.3 Å². The Morgan fingerprint density at radius 3 is 2.31 bits per heavy atom. The Balaban J connectivity index is 1.94. The van der Waals surface area contributed by atoms with Gasteiger partial charge in [0, 0.05) is 23.7 Å². The number of aromatic hydroxyl groups is 1. The van der Waals surface area contributed by atoms with E-state index in [4.69, 9.17) is 22.7 Å². The van der Waals surface area contributed by atoms with Crippen LogP contribution < -0.4 is 16.4 Å². The molecule has 164 valence electrons. The van der Waals surface area contributed by atoms with Gasteiger partial charge < -0.3 is 26.9 Å². The van der Waals surface area contributed by atoms with Crippen LogP contribution >= 0.6 is 11.6 Å². The number of phenols is 1. The molecular formula is C23H22ClN5O3. The molecule has 0 radical (unpaired) electrons. The van der Waals surface area contributed by atoms with Gasteiger partial charge in [-0.25, -0.2) is 4.98 Å². The second kappa shape index (κ2) is 9.07. The Hall–Kier alpha value is -3.91. The minimum atomic E-state index is -0.554. The van der Waals surface area contributed by atoms with Gasteiger partial charge in [-0.1, -0.05) is 17.7 Å². The van der Waals surface area contributed by atoms with Gasteiger partial charge in [-0.05, 0) is 61.7 Å². The number of nitrogens with two attached hydrogens (primary N) is 1. The standard InChI is InChI=1S/C23H22ClN5O3/c1-11-8-17(23(32)29-20-7-4-14(24)10-27-20)18(9-19(11)30)28-22(31)16-6-5-15(13(3)25)12(2)21(16)26/h4-10,25,30H,26H2,1-3H3,(H,28,31)(H,27,29,32). The highest BCUT2D eigenvalue weighted by molar-refractivity contribution is 6.30. The molecule has 0 atom stereocenters. The van der Waals surface area contributed by atoms with Gasteiger partial charge in [0.1, 0.15) is 11.6 Å². The zero-order valence-corrected chi connectivity index (χ0v) is 18.5. The minimum Gasteiger partial charge on any atom is -0.508 e. The SMILES string of the molecule is CC(=N)c1ccc(C(=O)Nc2cc(O)c(C)cc2C(=O)Nc2ccc(Cl)cn2)c(N)c1C. The van der Waals surface area contributed by atoms with Crippen molar-refractivity contribution in [3.05, 3.63) is 75.4 Å². The summed E-state index contributed by atoms with van der Waals surface area (Å²) in [6, 6.07) is 9.07. The minimum absolute atomic E-state index is 0.0830. The van der Waals surface area contributed by atoms with Gasteiger partial charge in [0.2, 0.25) is 0 Å². The summed E-state index contributed by atoms with van der Waals surface area (Å²) in [5.74, 6) is -0.890. The Morgan fingerprint density at radius 1 is 1.03 bits per heavy atom. The van der Waals surface area contributed by atoms with Crippen LogP contribution in [0.5, 0.6) is 5.75 Å². The predicted molar refractivity (Wildman–Crippen MR) is 126 cm³/mol. The van der Waals surface area contributed by atoms with Gasteiger partial charge in [0.15, 0.2) is 0 Å². The number of hydrogen-bond donors (Lipinski definition) is 5. The first-order chi connectivity index (χ1) is 15.1. The third kappa shape index (κ3) is 4.70. The van der Waals surface area contributed by atoms with E-state index in [9.17, 15) is 14.7 Å². The van der Waals surface area contributed by atoms with Crippen LogP contribution in [0.4, 0.5) is 17.2 Å². The average Bonchev–Trinajstić information content (AvgIpc) is 2.73. The molecule has 0 aliphatic rings. The number of pyridine rings is 1. The summed E-state index contributed by atoms with van der Waals surface area (Å²) in [4.78, 5) is 29.9. The Bertz CT molecular complexity index is 1240. The van der Waals surface area contributed by atoms with Gasteiger partial charge in [-0.2, -0.15) is 0 Å². The molecule has 6 N–H and O–H groups in total. The summed E-state index contributed by atoms with van der Waals surface area (Å²) >= 11 is 5.82. The van der Waals surface area contributed by atoms with Gasteiger partial charge in [0.05, 0.1) is 21.8 Å². The highest BCUT2D eigenvalue weighted by Crippen LogP contribution is 2.29. The lowest BCUT2D eigenvalue weighted by Crippen LogP contribution is -2.20. The highest BCUT2D eigenvalue weighted by atomic mass is 35.5. The normalized spacial score (nSPS) is 10.5. The molecule has 3 aromatic rings. The molecule has 0 saturated heterocycles. The molecule has 32 heavy (non-hydrogen) atoms. The maximum atomic E-state index is 12.9. The van der Waals surface area contributed by atoms with Gasteiger partial charge >= 0.3 is 0 Å². The quantitative estimate of drug-likeness (QED) is 0.286. The van der Waals surface area contributed by atoms with E-state index in [1.807, 2.05) is 0 Å². The second-order valence-corrected chi connectivity index (χ2v) is 7.71. The maximum absolute atomic E-state index is 12.9. The van der Waals surface area contributed by atoms with Crippen molar-refractivity contribution in [1.29, 1.82) is 5.41 Å². The number of hydrogen-bond acceptors (Lipinski definition) is 6. The molecule has 8 nitrogen and oxygen atoms in total. The van der Waals surface area contributed by atoms with E-state index in [1.54, 1.807) is 39.0 Å². The zero-order valence-electron chi connectivity index (χ0n) is 17.7.